The highest BCUT2D eigenvalue weighted by molar-refractivity contribution is 7.99. The lowest BCUT2D eigenvalue weighted by molar-refractivity contribution is 0.451. The van der Waals surface area contributed by atoms with Crippen molar-refractivity contribution in [1.82, 2.24) is 5.32 Å². The average molecular weight is 159 g/mol. The van der Waals surface area contributed by atoms with E-state index in [4.69, 9.17) is 0 Å². The highest BCUT2D eigenvalue weighted by Gasteiger charge is 2.13. The Morgan fingerprint density at radius 1 is 1.60 bits per heavy atom. The third-order valence-corrected chi connectivity index (χ3v) is 2.89. The smallest absolute Gasteiger partial charge is 0.0160 e. The molecule has 0 saturated carbocycles. The van der Waals surface area contributed by atoms with Crippen LogP contribution in [0.5, 0.6) is 0 Å². The van der Waals surface area contributed by atoms with Crippen LogP contribution in [0.2, 0.25) is 0 Å². The van der Waals surface area contributed by atoms with E-state index in [2.05, 4.69) is 30.9 Å². The topological polar surface area (TPSA) is 12.0 Å². The zero-order valence-electron chi connectivity index (χ0n) is 6.89. The summed E-state index contributed by atoms with van der Waals surface area (Å²) in [5.74, 6) is 3.46. The predicted molar refractivity (Wildman–Crippen MR) is 48.6 cm³/mol. The number of nitrogens with one attached hydrogen (secondary N) is 1. The fraction of sp³-hybridized carbons (Fsp3) is 1.00. The quantitative estimate of drug-likeness (QED) is 0.658. The lowest BCUT2D eigenvalue weighted by atomic mass is 10.1. The first kappa shape index (κ1) is 8.41. The van der Waals surface area contributed by atoms with Crippen molar-refractivity contribution in [2.24, 2.45) is 5.92 Å². The maximum atomic E-state index is 3.53. The largest absolute Gasteiger partial charge is 0.312 e. The van der Waals surface area contributed by atoms with Crippen LogP contribution in [-0.4, -0.2) is 24.1 Å². The van der Waals surface area contributed by atoms with E-state index in [1.165, 1.54) is 24.5 Å². The van der Waals surface area contributed by atoms with E-state index in [-0.39, 0.29) is 0 Å². The summed E-state index contributed by atoms with van der Waals surface area (Å²) >= 11 is 2.08. The molecule has 0 unspecified atom stereocenters. The first-order chi connectivity index (χ1) is 4.79. The molecular weight excluding hydrogens is 142 g/mol. The van der Waals surface area contributed by atoms with Gasteiger partial charge in [0.2, 0.25) is 0 Å². The van der Waals surface area contributed by atoms with E-state index >= 15 is 0 Å². The summed E-state index contributed by atoms with van der Waals surface area (Å²) in [6.45, 7) is 5.80. The van der Waals surface area contributed by atoms with Gasteiger partial charge in [-0.1, -0.05) is 13.8 Å². The molecule has 1 rings (SSSR count). The number of hydrogen-bond donors (Lipinski definition) is 1. The summed E-state index contributed by atoms with van der Waals surface area (Å²) in [6.07, 6.45) is 1.34. The molecule has 1 atom stereocenters. The SMILES string of the molecule is CC(C)C[C@@H]1CSCCN1. The maximum absolute atomic E-state index is 3.53. The lowest BCUT2D eigenvalue weighted by Crippen LogP contribution is -2.38. The van der Waals surface area contributed by atoms with Gasteiger partial charge >= 0.3 is 0 Å². The van der Waals surface area contributed by atoms with E-state index < -0.39 is 0 Å². The summed E-state index contributed by atoms with van der Waals surface area (Å²) < 4.78 is 0. The Morgan fingerprint density at radius 3 is 2.90 bits per heavy atom. The monoisotopic (exact) mass is 159 g/mol. The highest BCUT2D eigenvalue weighted by atomic mass is 32.2. The Labute approximate surface area is 68.0 Å². The third-order valence-electron chi connectivity index (χ3n) is 1.75. The van der Waals surface area contributed by atoms with Gasteiger partial charge in [0.05, 0.1) is 0 Å². The fourth-order valence-electron chi connectivity index (χ4n) is 1.34. The molecule has 10 heavy (non-hydrogen) atoms. The normalized spacial score (nSPS) is 27.3. The second kappa shape index (κ2) is 4.24. The Hall–Kier alpha value is 0.310. The lowest BCUT2D eigenvalue weighted by Gasteiger charge is -2.24. The van der Waals surface area contributed by atoms with Gasteiger partial charge in [0.25, 0.3) is 0 Å². The Kier molecular flexibility index (Phi) is 3.57. The molecule has 60 valence electrons. The summed E-state index contributed by atoms with van der Waals surface area (Å²) in [6, 6.07) is 0.791. The van der Waals surface area contributed by atoms with Crippen molar-refractivity contribution in [2.45, 2.75) is 26.3 Å². The molecule has 1 aliphatic heterocycles. The van der Waals surface area contributed by atoms with Crippen LogP contribution < -0.4 is 5.32 Å². The summed E-state index contributed by atoms with van der Waals surface area (Å²) in [5.41, 5.74) is 0. The zero-order chi connectivity index (χ0) is 7.40. The van der Waals surface area contributed by atoms with Crippen molar-refractivity contribution in [3.63, 3.8) is 0 Å². The molecule has 0 bridgehead atoms. The van der Waals surface area contributed by atoms with Crippen LogP contribution in [0.1, 0.15) is 20.3 Å². The summed E-state index contributed by atoms with van der Waals surface area (Å²) in [4.78, 5) is 0. The molecule has 0 radical (unpaired) electrons. The molecule has 1 fully saturated rings. The van der Waals surface area contributed by atoms with Gasteiger partial charge in [0.15, 0.2) is 0 Å². The minimum atomic E-state index is 0.791. The van der Waals surface area contributed by atoms with Crippen LogP contribution in [0.25, 0.3) is 0 Å². The molecule has 0 aromatic carbocycles. The first-order valence-electron chi connectivity index (χ1n) is 4.10. The van der Waals surface area contributed by atoms with Gasteiger partial charge in [-0.15, -0.1) is 0 Å². The van der Waals surface area contributed by atoms with Crippen molar-refractivity contribution >= 4 is 11.8 Å². The summed E-state index contributed by atoms with van der Waals surface area (Å²) in [7, 11) is 0. The minimum Gasteiger partial charge on any atom is -0.312 e. The van der Waals surface area contributed by atoms with Crippen LogP contribution in [0.3, 0.4) is 0 Å². The van der Waals surface area contributed by atoms with Crippen molar-refractivity contribution in [3.05, 3.63) is 0 Å². The standard InChI is InChI=1S/C8H17NS/c1-7(2)5-8-6-10-4-3-9-8/h7-9H,3-6H2,1-2H3/t8-/m1/s1. The number of thioether (sulfide) groups is 1. The fourth-order valence-corrected chi connectivity index (χ4v) is 2.31. The Balaban J connectivity index is 2.13. The number of hydrogen-bond acceptors (Lipinski definition) is 2. The van der Waals surface area contributed by atoms with Gasteiger partial charge in [-0.3, -0.25) is 0 Å². The van der Waals surface area contributed by atoms with Crippen molar-refractivity contribution in [2.75, 3.05) is 18.1 Å². The van der Waals surface area contributed by atoms with Crippen LogP contribution in [0.4, 0.5) is 0 Å². The Morgan fingerprint density at radius 2 is 2.40 bits per heavy atom. The zero-order valence-corrected chi connectivity index (χ0v) is 7.71. The average Bonchev–Trinajstić information content (AvgIpc) is 1.88. The molecule has 0 amide bonds. The molecule has 0 aliphatic carbocycles. The molecule has 1 nitrogen and oxygen atoms in total. The first-order valence-corrected chi connectivity index (χ1v) is 5.25. The third kappa shape index (κ3) is 2.93. The minimum absolute atomic E-state index is 0.791. The van der Waals surface area contributed by atoms with E-state index in [0.29, 0.717) is 0 Å². The van der Waals surface area contributed by atoms with Gasteiger partial charge in [-0.25, -0.2) is 0 Å². The second-order valence-electron chi connectivity index (χ2n) is 3.36. The van der Waals surface area contributed by atoms with Crippen molar-refractivity contribution in [1.29, 1.82) is 0 Å². The van der Waals surface area contributed by atoms with E-state index in [1.54, 1.807) is 0 Å². The van der Waals surface area contributed by atoms with E-state index in [0.717, 1.165) is 12.0 Å². The molecule has 0 aromatic rings. The van der Waals surface area contributed by atoms with Gasteiger partial charge in [-0.2, -0.15) is 11.8 Å². The molecule has 1 N–H and O–H groups in total. The van der Waals surface area contributed by atoms with Crippen LogP contribution >= 0.6 is 11.8 Å². The highest BCUT2D eigenvalue weighted by Crippen LogP contribution is 2.13. The van der Waals surface area contributed by atoms with Gasteiger partial charge in [0, 0.05) is 24.1 Å². The Bertz CT molecular complexity index is 87.3. The van der Waals surface area contributed by atoms with Crippen LogP contribution in [-0.2, 0) is 0 Å². The predicted octanol–water partition coefficient (Wildman–Crippen LogP) is 1.74. The molecular formula is C8H17NS. The molecule has 1 heterocycles. The molecule has 1 aliphatic rings. The van der Waals surface area contributed by atoms with Crippen molar-refractivity contribution in [3.8, 4) is 0 Å². The van der Waals surface area contributed by atoms with E-state index in [9.17, 15) is 0 Å². The van der Waals surface area contributed by atoms with E-state index in [1.807, 2.05) is 0 Å². The number of rotatable bonds is 2. The molecule has 2 heteroatoms. The van der Waals surface area contributed by atoms with Crippen LogP contribution in [0.15, 0.2) is 0 Å². The summed E-state index contributed by atoms with van der Waals surface area (Å²) in [5, 5.41) is 3.53. The van der Waals surface area contributed by atoms with Crippen LogP contribution in [0, 0.1) is 5.92 Å². The molecule has 0 spiro atoms. The second-order valence-corrected chi connectivity index (χ2v) is 4.51. The van der Waals surface area contributed by atoms with Gasteiger partial charge in [0.1, 0.15) is 0 Å². The molecule has 0 aromatic heterocycles. The van der Waals surface area contributed by atoms with Gasteiger partial charge in [-0.05, 0) is 12.3 Å². The molecule has 1 saturated heterocycles. The maximum Gasteiger partial charge on any atom is 0.0160 e. The van der Waals surface area contributed by atoms with Crippen molar-refractivity contribution < 1.29 is 0 Å². The van der Waals surface area contributed by atoms with Gasteiger partial charge < -0.3 is 5.32 Å².